The van der Waals surface area contributed by atoms with Gasteiger partial charge in [0.05, 0.1) is 23.5 Å². The average molecular weight is 487 g/mol. The summed E-state index contributed by atoms with van der Waals surface area (Å²) in [6.07, 6.45) is 3.74. The van der Waals surface area contributed by atoms with Gasteiger partial charge in [-0.2, -0.15) is 0 Å². The molecule has 0 bridgehead atoms. The van der Waals surface area contributed by atoms with Crippen molar-refractivity contribution in [3.05, 3.63) is 58.1 Å². The molecular weight excluding hydrogens is 459 g/mol. The fourth-order valence-electron chi connectivity index (χ4n) is 3.01. The van der Waals surface area contributed by atoms with Crippen LogP contribution in [0.4, 0.5) is 5.69 Å². The number of hydrogen-bond acceptors (Lipinski definition) is 4. The molecule has 0 aromatic heterocycles. The van der Waals surface area contributed by atoms with E-state index in [0.29, 0.717) is 30.3 Å². The van der Waals surface area contributed by atoms with Crippen LogP contribution in [0.15, 0.2) is 42.5 Å². The van der Waals surface area contributed by atoms with Crippen molar-refractivity contribution in [2.45, 2.75) is 32.6 Å². The van der Waals surface area contributed by atoms with Crippen molar-refractivity contribution < 1.29 is 17.9 Å². The van der Waals surface area contributed by atoms with E-state index in [1.54, 1.807) is 12.1 Å². The van der Waals surface area contributed by atoms with Crippen LogP contribution < -0.4 is 14.4 Å². The van der Waals surface area contributed by atoms with Crippen molar-refractivity contribution >= 4 is 44.8 Å². The van der Waals surface area contributed by atoms with Gasteiger partial charge in [0, 0.05) is 18.0 Å². The highest BCUT2D eigenvalue weighted by Crippen LogP contribution is 2.30. The minimum atomic E-state index is -3.58. The maximum absolute atomic E-state index is 12.2. The Kier molecular flexibility index (Phi) is 9.93. The first kappa shape index (κ1) is 25.3. The number of amides is 1. The van der Waals surface area contributed by atoms with Crippen molar-refractivity contribution in [2.75, 3.05) is 30.3 Å². The fourth-order valence-corrected chi connectivity index (χ4v) is 4.42. The van der Waals surface area contributed by atoms with Gasteiger partial charge in [0.1, 0.15) is 12.4 Å². The Labute approximate surface area is 194 Å². The minimum Gasteiger partial charge on any atom is -0.492 e. The van der Waals surface area contributed by atoms with E-state index in [1.807, 2.05) is 24.3 Å². The first-order valence-corrected chi connectivity index (χ1v) is 12.7. The lowest BCUT2D eigenvalue weighted by Crippen LogP contribution is -2.33. The van der Waals surface area contributed by atoms with Crippen LogP contribution >= 0.6 is 23.2 Å². The van der Waals surface area contributed by atoms with E-state index >= 15 is 0 Å². The number of hydrogen-bond donors (Lipinski definition) is 1. The molecule has 0 unspecified atom stereocenters. The van der Waals surface area contributed by atoms with Crippen molar-refractivity contribution in [2.24, 2.45) is 0 Å². The molecule has 1 N–H and O–H groups in total. The Hall–Kier alpha value is -1.96. The fraction of sp³-hybridized carbons (Fsp3) is 0.409. The number of rotatable bonds is 12. The number of carbonyl (C=O) groups excluding carboxylic acids is 1. The summed E-state index contributed by atoms with van der Waals surface area (Å²) in [4.78, 5) is 12.1. The van der Waals surface area contributed by atoms with Gasteiger partial charge in [0.15, 0.2) is 0 Å². The van der Waals surface area contributed by atoms with Gasteiger partial charge >= 0.3 is 0 Å². The Morgan fingerprint density at radius 3 is 2.48 bits per heavy atom. The molecule has 2 rings (SSSR count). The van der Waals surface area contributed by atoms with Crippen molar-refractivity contribution in [1.29, 1.82) is 0 Å². The van der Waals surface area contributed by atoms with E-state index in [4.69, 9.17) is 27.9 Å². The Morgan fingerprint density at radius 1 is 1.13 bits per heavy atom. The van der Waals surface area contributed by atoms with Crippen LogP contribution in [0.3, 0.4) is 0 Å². The summed E-state index contributed by atoms with van der Waals surface area (Å²) >= 11 is 12.1. The monoisotopic (exact) mass is 486 g/mol. The molecule has 170 valence electrons. The van der Waals surface area contributed by atoms with E-state index < -0.39 is 10.0 Å². The van der Waals surface area contributed by atoms with Gasteiger partial charge in [0.2, 0.25) is 15.9 Å². The number of nitrogens with zero attached hydrogens (tertiary/aromatic N) is 1. The third-order valence-electron chi connectivity index (χ3n) is 4.50. The lowest BCUT2D eigenvalue weighted by molar-refractivity contribution is -0.121. The number of anilines is 1. The third kappa shape index (κ3) is 8.59. The van der Waals surface area contributed by atoms with Gasteiger partial charge in [-0.1, -0.05) is 48.7 Å². The summed E-state index contributed by atoms with van der Waals surface area (Å²) in [5, 5.41) is 3.44. The van der Waals surface area contributed by atoms with E-state index in [2.05, 4.69) is 12.2 Å². The molecule has 0 heterocycles. The maximum atomic E-state index is 12.2. The van der Waals surface area contributed by atoms with Crippen molar-refractivity contribution in [3.63, 3.8) is 0 Å². The van der Waals surface area contributed by atoms with Crippen molar-refractivity contribution in [1.82, 2.24) is 5.32 Å². The number of sulfonamides is 1. The molecule has 6 nitrogen and oxygen atoms in total. The molecule has 0 radical (unpaired) electrons. The molecule has 0 aliphatic rings. The van der Waals surface area contributed by atoms with E-state index in [-0.39, 0.29) is 23.9 Å². The lowest BCUT2D eigenvalue weighted by atomic mass is 10.1. The van der Waals surface area contributed by atoms with E-state index in [0.717, 1.165) is 24.8 Å². The molecule has 0 saturated carbocycles. The van der Waals surface area contributed by atoms with Crippen LogP contribution in [0.5, 0.6) is 5.75 Å². The molecule has 0 spiro atoms. The largest absolute Gasteiger partial charge is 0.492 e. The minimum absolute atomic E-state index is 0.118. The normalized spacial score (nSPS) is 11.2. The quantitative estimate of drug-likeness (QED) is 0.441. The second-order valence-electron chi connectivity index (χ2n) is 7.13. The Bertz CT molecular complexity index is 966. The standard InChI is InChI=1S/C22H28Cl2N2O4S/c1-3-5-17-7-10-19(11-8-17)30-15-13-25-22(27)6-4-14-26(31(2,28)29)21-16-18(23)9-12-20(21)24/h7-12,16H,3-6,13-15H2,1-2H3,(H,25,27). The van der Waals surface area contributed by atoms with Crippen LogP contribution in [0.2, 0.25) is 10.0 Å². The van der Waals surface area contributed by atoms with Gasteiger partial charge in [-0.3, -0.25) is 9.10 Å². The molecule has 0 fully saturated rings. The molecule has 2 aromatic carbocycles. The summed E-state index contributed by atoms with van der Waals surface area (Å²) in [6, 6.07) is 12.6. The molecule has 9 heteroatoms. The lowest BCUT2D eigenvalue weighted by Gasteiger charge is -2.23. The van der Waals surface area contributed by atoms with Gasteiger partial charge in [-0.25, -0.2) is 8.42 Å². The summed E-state index contributed by atoms with van der Waals surface area (Å²) in [6.45, 7) is 2.98. The number of nitrogens with one attached hydrogen (secondary N) is 1. The summed E-state index contributed by atoms with van der Waals surface area (Å²) in [5.41, 5.74) is 1.57. The van der Waals surface area contributed by atoms with Gasteiger partial charge < -0.3 is 10.1 Å². The smallest absolute Gasteiger partial charge is 0.232 e. The number of benzene rings is 2. The third-order valence-corrected chi connectivity index (χ3v) is 6.23. The molecule has 1 amide bonds. The maximum Gasteiger partial charge on any atom is 0.232 e. The zero-order valence-corrected chi connectivity index (χ0v) is 20.1. The molecule has 0 saturated heterocycles. The highest BCUT2D eigenvalue weighted by atomic mass is 35.5. The first-order valence-electron chi connectivity index (χ1n) is 10.1. The highest BCUT2D eigenvalue weighted by molar-refractivity contribution is 7.92. The molecule has 0 atom stereocenters. The SMILES string of the molecule is CCCc1ccc(OCCNC(=O)CCCN(c2cc(Cl)ccc2Cl)S(C)(=O)=O)cc1. The summed E-state index contributed by atoms with van der Waals surface area (Å²) in [5.74, 6) is 0.587. The number of halogens is 2. The second kappa shape index (κ2) is 12.2. The Balaban J connectivity index is 1.76. The zero-order chi connectivity index (χ0) is 22.9. The van der Waals surface area contributed by atoms with Crippen LogP contribution in [-0.4, -0.2) is 40.3 Å². The van der Waals surface area contributed by atoms with Crippen LogP contribution in [0.25, 0.3) is 0 Å². The second-order valence-corrected chi connectivity index (χ2v) is 9.88. The average Bonchev–Trinajstić information content (AvgIpc) is 2.71. The van der Waals surface area contributed by atoms with Gasteiger partial charge in [0.25, 0.3) is 0 Å². The predicted octanol–water partition coefficient (Wildman–Crippen LogP) is 4.69. The Morgan fingerprint density at radius 2 is 1.84 bits per heavy atom. The van der Waals surface area contributed by atoms with Crippen LogP contribution in [0.1, 0.15) is 31.7 Å². The molecular formula is C22H28Cl2N2O4S. The van der Waals surface area contributed by atoms with Crippen LogP contribution in [0, 0.1) is 0 Å². The highest BCUT2D eigenvalue weighted by Gasteiger charge is 2.20. The number of carbonyl (C=O) groups is 1. The first-order chi connectivity index (χ1) is 14.7. The topological polar surface area (TPSA) is 75.7 Å². The van der Waals surface area contributed by atoms with E-state index in [9.17, 15) is 13.2 Å². The zero-order valence-electron chi connectivity index (χ0n) is 17.7. The number of ether oxygens (including phenoxy) is 1. The summed E-state index contributed by atoms with van der Waals surface area (Å²) in [7, 11) is -3.58. The van der Waals surface area contributed by atoms with Gasteiger partial charge in [-0.05, 0) is 48.7 Å². The van der Waals surface area contributed by atoms with Crippen LogP contribution in [-0.2, 0) is 21.2 Å². The van der Waals surface area contributed by atoms with E-state index in [1.165, 1.54) is 15.9 Å². The molecule has 0 aliphatic carbocycles. The number of aryl methyl sites for hydroxylation is 1. The van der Waals surface area contributed by atoms with Gasteiger partial charge in [-0.15, -0.1) is 0 Å². The molecule has 2 aromatic rings. The summed E-state index contributed by atoms with van der Waals surface area (Å²) < 4.78 is 31.2. The molecule has 31 heavy (non-hydrogen) atoms. The van der Waals surface area contributed by atoms with Crippen molar-refractivity contribution in [3.8, 4) is 5.75 Å². The predicted molar refractivity (Wildman–Crippen MR) is 127 cm³/mol. The molecule has 0 aliphatic heterocycles.